The van der Waals surface area contributed by atoms with Crippen molar-refractivity contribution in [1.29, 1.82) is 0 Å². The highest BCUT2D eigenvalue weighted by molar-refractivity contribution is 5.19. The van der Waals surface area contributed by atoms with Crippen LogP contribution in [0.3, 0.4) is 0 Å². The summed E-state index contributed by atoms with van der Waals surface area (Å²) in [6.07, 6.45) is 2.88. The minimum absolute atomic E-state index is 0.527. The van der Waals surface area contributed by atoms with Gasteiger partial charge >= 0.3 is 0 Å². The molecule has 1 aromatic heterocycles. The largest absolute Gasteiger partial charge is 0.490 e. The molecule has 0 aliphatic carbocycles. The summed E-state index contributed by atoms with van der Waals surface area (Å²) >= 11 is 0. The minimum atomic E-state index is 0.527. The van der Waals surface area contributed by atoms with Gasteiger partial charge in [-0.3, -0.25) is 4.98 Å². The molecule has 0 saturated heterocycles. The van der Waals surface area contributed by atoms with Crippen LogP contribution < -0.4 is 10.1 Å². The van der Waals surface area contributed by atoms with Crippen molar-refractivity contribution < 1.29 is 14.2 Å². The normalized spacial score (nSPS) is 10.6. The molecule has 1 aromatic rings. The fraction of sp³-hybridized carbons (Fsp3) is 0.643. The van der Waals surface area contributed by atoms with Gasteiger partial charge < -0.3 is 19.5 Å². The summed E-state index contributed by atoms with van der Waals surface area (Å²) in [5.74, 6) is 0.773. The van der Waals surface area contributed by atoms with Gasteiger partial charge in [0.05, 0.1) is 31.7 Å². The Kier molecular flexibility index (Phi) is 8.97. The van der Waals surface area contributed by atoms with Crippen molar-refractivity contribution in [2.24, 2.45) is 0 Å². The first-order valence-electron chi connectivity index (χ1n) is 6.72. The third-order valence-corrected chi connectivity index (χ3v) is 2.46. The zero-order valence-electron chi connectivity index (χ0n) is 11.9. The monoisotopic (exact) mass is 268 g/mol. The van der Waals surface area contributed by atoms with E-state index in [-0.39, 0.29) is 0 Å². The Bertz CT molecular complexity index is 317. The van der Waals surface area contributed by atoms with Crippen LogP contribution in [-0.2, 0) is 16.0 Å². The standard InChI is InChI=1S/C14H24N2O3/c1-3-6-15-11-13-4-5-14(12-16-13)19-10-9-18-8-7-17-2/h4-5,12,15H,3,6-11H2,1-2H3. The van der Waals surface area contributed by atoms with Crippen LogP contribution in [0.5, 0.6) is 5.75 Å². The Morgan fingerprint density at radius 3 is 2.68 bits per heavy atom. The highest BCUT2D eigenvalue weighted by Crippen LogP contribution is 2.08. The summed E-state index contributed by atoms with van der Waals surface area (Å²) in [5.41, 5.74) is 1.03. The van der Waals surface area contributed by atoms with E-state index in [9.17, 15) is 0 Å². The first-order chi connectivity index (χ1) is 9.36. The van der Waals surface area contributed by atoms with Gasteiger partial charge in [-0.1, -0.05) is 6.92 Å². The second-order valence-electron chi connectivity index (χ2n) is 4.12. The highest BCUT2D eigenvalue weighted by Gasteiger charge is 1.97. The molecule has 1 N–H and O–H groups in total. The Balaban J connectivity index is 2.13. The summed E-state index contributed by atoms with van der Waals surface area (Å²) in [7, 11) is 1.66. The van der Waals surface area contributed by atoms with Gasteiger partial charge in [-0.05, 0) is 25.1 Å². The van der Waals surface area contributed by atoms with Crippen LogP contribution >= 0.6 is 0 Å². The maximum atomic E-state index is 5.52. The Morgan fingerprint density at radius 2 is 2.00 bits per heavy atom. The first-order valence-corrected chi connectivity index (χ1v) is 6.72. The molecule has 0 unspecified atom stereocenters. The molecule has 1 rings (SSSR count). The maximum Gasteiger partial charge on any atom is 0.137 e. The van der Waals surface area contributed by atoms with Crippen LogP contribution in [0, 0.1) is 0 Å². The van der Waals surface area contributed by atoms with E-state index < -0.39 is 0 Å². The predicted molar refractivity (Wildman–Crippen MR) is 74.4 cm³/mol. The molecular weight excluding hydrogens is 244 g/mol. The lowest BCUT2D eigenvalue weighted by atomic mass is 10.3. The zero-order valence-corrected chi connectivity index (χ0v) is 11.9. The van der Waals surface area contributed by atoms with E-state index in [1.807, 2.05) is 12.1 Å². The van der Waals surface area contributed by atoms with Gasteiger partial charge in [-0.15, -0.1) is 0 Å². The van der Waals surface area contributed by atoms with Crippen molar-refractivity contribution in [3.63, 3.8) is 0 Å². The molecule has 0 bridgehead atoms. The summed E-state index contributed by atoms with van der Waals surface area (Å²) in [6.45, 7) is 6.25. The lowest BCUT2D eigenvalue weighted by Crippen LogP contribution is -2.14. The molecule has 1 heterocycles. The Morgan fingerprint density at radius 1 is 1.16 bits per heavy atom. The molecule has 108 valence electrons. The van der Waals surface area contributed by atoms with Crippen molar-refractivity contribution in [3.05, 3.63) is 24.0 Å². The molecule has 0 aliphatic rings. The number of aromatic nitrogens is 1. The van der Waals surface area contributed by atoms with Crippen molar-refractivity contribution >= 4 is 0 Å². The number of pyridine rings is 1. The smallest absolute Gasteiger partial charge is 0.137 e. The minimum Gasteiger partial charge on any atom is -0.490 e. The molecule has 0 saturated carbocycles. The van der Waals surface area contributed by atoms with Gasteiger partial charge in [-0.25, -0.2) is 0 Å². The van der Waals surface area contributed by atoms with Crippen LogP contribution in [0.1, 0.15) is 19.0 Å². The van der Waals surface area contributed by atoms with Crippen LogP contribution in [0.15, 0.2) is 18.3 Å². The molecule has 19 heavy (non-hydrogen) atoms. The van der Waals surface area contributed by atoms with Gasteiger partial charge in [0.1, 0.15) is 12.4 Å². The molecule has 0 atom stereocenters. The summed E-state index contributed by atoms with van der Waals surface area (Å²) < 4.78 is 15.7. The van der Waals surface area contributed by atoms with Crippen molar-refractivity contribution in [3.8, 4) is 5.75 Å². The van der Waals surface area contributed by atoms with Gasteiger partial charge in [0.25, 0.3) is 0 Å². The number of nitrogens with one attached hydrogen (secondary N) is 1. The number of methoxy groups -OCH3 is 1. The van der Waals surface area contributed by atoms with Crippen LogP contribution in [-0.4, -0.2) is 45.1 Å². The second-order valence-corrected chi connectivity index (χ2v) is 4.12. The lowest BCUT2D eigenvalue weighted by Gasteiger charge is -2.07. The van der Waals surface area contributed by atoms with Crippen molar-refractivity contribution in [1.82, 2.24) is 10.3 Å². The second kappa shape index (κ2) is 10.7. The van der Waals surface area contributed by atoms with Crippen LogP contribution in [0.2, 0.25) is 0 Å². The molecule has 0 fully saturated rings. The summed E-state index contributed by atoms with van der Waals surface area (Å²) in [6, 6.07) is 3.91. The fourth-order valence-corrected chi connectivity index (χ4v) is 1.46. The van der Waals surface area contributed by atoms with E-state index in [0.717, 1.165) is 31.0 Å². The zero-order chi connectivity index (χ0) is 13.8. The van der Waals surface area contributed by atoms with E-state index in [1.54, 1.807) is 13.3 Å². The average molecular weight is 268 g/mol. The van der Waals surface area contributed by atoms with E-state index in [4.69, 9.17) is 14.2 Å². The Hall–Kier alpha value is -1.17. The fourth-order valence-electron chi connectivity index (χ4n) is 1.46. The third-order valence-electron chi connectivity index (χ3n) is 2.46. The van der Waals surface area contributed by atoms with E-state index in [2.05, 4.69) is 17.2 Å². The topological polar surface area (TPSA) is 52.6 Å². The lowest BCUT2D eigenvalue weighted by molar-refractivity contribution is 0.0543. The molecular formula is C14H24N2O3. The predicted octanol–water partition coefficient (Wildman–Crippen LogP) is 1.62. The summed E-state index contributed by atoms with van der Waals surface area (Å²) in [5, 5.41) is 3.31. The molecule has 0 spiro atoms. The van der Waals surface area contributed by atoms with E-state index in [1.165, 1.54) is 0 Å². The molecule has 0 amide bonds. The van der Waals surface area contributed by atoms with Gasteiger partial charge in [0, 0.05) is 13.7 Å². The molecule has 5 heteroatoms. The number of hydrogen-bond acceptors (Lipinski definition) is 5. The SMILES string of the molecule is CCCNCc1ccc(OCCOCCOC)cn1. The third kappa shape index (κ3) is 7.77. The van der Waals surface area contributed by atoms with Gasteiger partial charge in [0.2, 0.25) is 0 Å². The van der Waals surface area contributed by atoms with Crippen molar-refractivity contribution in [2.75, 3.05) is 40.1 Å². The number of hydrogen-bond donors (Lipinski definition) is 1. The van der Waals surface area contributed by atoms with Gasteiger partial charge in [-0.2, -0.15) is 0 Å². The van der Waals surface area contributed by atoms with Gasteiger partial charge in [0.15, 0.2) is 0 Å². The number of rotatable bonds is 11. The Labute approximate surface area is 115 Å². The average Bonchev–Trinajstić information content (AvgIpc) is 2.44. The molecule has 0 radical (unpaired) electrons. The molecule has 0 aliphatic heterocycles. The van der Waals surface area contributed by atoms with E-state index >= 15 is 0 Å². The summed E-state index contributed by atoms with van der Waals surface area (Å²) in [4.78, 5) is 4.33. The van der Waals surface area contributed by atoms with Crippen LogP contribution in [0.25, 0.3) is 0 Å². The highest BCUT2D eigenvalue weighted by atomic mass is 16.5. The van der Waals surface area contributed by atoms with Crippen molar-refractivity contribution in [2.45, 2.75) is 19.9 Å². The van der Waals surface area contributed by atoms with Crippen LogP contribution in [0.4, 0.5) is 0 Å². The maximum absolute atomic E-state index is 5.52. The quantitative estimate of drug-likeness (QED) is 0.618. The number of ether oxygens (including phenoxy) is 3. The first kappa shape index (κ1) is 15.9. The molecule has 0 aromatic carbocycles. The number of nitrogens with zero attached hydrogens (tertiary/aromatic N) is 1. The van der Waals surface area contributed by atoms with E-state index in [0.29, 0.717) is 26.4 Å². The molecule has 5 nitrogen and oxygen atoms in total.